The topological polar surface area (TPSA) is 65.7 Å². The number of aliphatic hydroxyl groups excluding tert-OH is 1. The van der Waals surface area contributed by atoms with Crippen LogP contribution in [0.3, 0.4) is 0 Å². The minimum Gasteiger partial charge on any atom is -0.386 e. The van der Waals surface area contributed by atoms with Gasteiger partial charge in [0, 0.05) is 38.8 Å². The van der Waals surface area contributed by atoms with Gasteiger partial charge in [-0.1, -0.05) is 29.8 Å². The lowest BCUT2D eigenvalue weighted by Gasteiger charge is -2.22. The van der Waals surface area contributed by atoms with E-state index in [2.05, 4.69) is 33.4 Å². The van der Waals surface area contributed by atoms with Gasteiger partial charge < -0.3 is 15.3 Å². The number of aliphatic imine (C=N–C) groups is 1. The average molecular weight is 355 g/mol. The van der Waals surface area contributed by atoms with Crippen LogP contribution >= 0.6 is 0 Å². The van der Waals surface area contributed by atoms with Gasteiger partial charge in [-0.15, -0.1) is 0 Å². The molecule has 26 heavy (non-hydrogen) atoms. The van der Waals surface area contributed by atoms with Crippen molar-refractivity contribution in [2.75, 3.05) is 26.2 Å². The van der Waals surface area contributed by atoms with E-state index in [4.69, 9.17) is 0 Å². The van der Waals surface area contributed by atoms with Crippen LogP contribution < -0.4 is 5.32 Å². The van der Waals surface area contributed by atoms with Crippen molar-refractivity contribution in [3.05, 3.63) is 53.3 Å². The second-order valence-electron chi connectivity index (χ2n) is 7.00. The molecular weight excluding hydrogens is 326 g/mol. The third-order valence-electron chi connectivity index (χ3n) is 4.90. The molecule has 3 rings (SSSR count). The third-order valence-corrected chi connectivity index (χ3v) is 4.90. The molecule has 0 spiro atoms. The summed E-state index contributed by atoms with van der Waals surface area (Å²) in [5.41, 5.74) is 3.38. The molecule has 6 heteroatoms. The van der Waals surface area contributed by atoms with Gasteiger partial charge in [0.25, 0.3) is 0 Å². The number of aliphatic hydroxyl groups is 1. The molecule has 2 atom stereocenters. The Kier molecular flexibility index (Phi) is 5.93. The average Bonchev–Trinajstić information content (AvgIpc) is 3.28. The maximum absolute atomic E-state index is 10.4. The number of aryl methyl sites for hydroxylation is 2. The lowest BCUT2D eigenvalue weighted by atomic mass is 10.0. The van der Waals surface area contributed by atoms with Gasteiger partial charge in [-0.2, -0.15) is 5.10 Å². The minimum absolute atomic E-state index is 0.361. The molecule has 2 unspecified atom stereocenters. The van der Waals surface area contributed by atoms with Crippen molar-refractivity contribution >= 4 is 5.96 Å². The Morgan fingerprint density at radius 1 is 1.38 bits per heavy atom. The Morgan fingerprint density at radius 2 is 2.15 bits per heavy atom. The summed E-state index contributed by atoms with van der Waals surface area (Å²) in [4.78, 5) is 6.97. The van der Waals surface area contributed by atoms with Crippen LogP contribution in [0.4, 0.5) is 0 Å². The Balaban J connectivity index is 1.64. The van der Waals surface area contributed by atoms with Gasteiger partial charge in [0.2, 0.25) is 0 Å². The highest BCUT2D eigenvalue weighted by molar-refractivity contribution is 5.80. The molecule has 0 radical (unpaired) electrons. The minimum atomic E-state index is -0.582. The van der Waals surface area contributed by atoms with E-state index < -0.39 is 6.10 Å². The van der Waals surface area contributed by atoms with E-state index in [1.54, 1.807) is 0 Å². The summed E-state index contributed by atoms with van der Waals surface area (Å²) >= 11 is 0. The van der Waals surface area contributed by atoms with Crippen molar-refractivity contribution in [3.8, 4) is 0 Å². The zero-order valence-electron chi connectivity index (χ0n) is 15.9. The summed E-state index contributed by atoms with van der Waals surface area (Å²) in [6, 6.07) is 7.98. The van der Waals surface area contributed by atoms with Gasteiger partial charge in [-0.25, -0.2) is 0 Å². The van der Waals surface area contributed by atoms with E-state index in [-0.39, 0.29) is 0 Å². The molecule has 0 aliphatic carbocycles. The number of benzene rings is 1. The lowest BCUT2D eigenvalue weighted by molar-refractivity contribution is 0.186. The summed E-state index contributed by atoms with van der Waals surface area (Å²) in [6.07, 6.45) is 4.57. The normalized spacial score (nSPS) is 19.0. The molecule has 1 aliphatic heterocycles. The monoisotopic (exact) mass is 355 g/mol. The fourth-order valence-corrected chi connectivity index (χ4v) is 3.37. The smallest absolute Gasteiger partial charge is 0.194 e. The number of aromatic nitrogens is 2. The molecule has 1 saturated heterocycles. The fraction of sp³-hybridized carbons (Fsp3) is 0.500. The number of rotatable bonds is 5. The van der Waals surface area contributed by atoms with E-state index in [0.29, 0.717) is 12.5 Å². The molecular formula is C20H29N5O. The molecule has 2 N–H and O–H groups in total. The Bertz CT molecular complexity index is 737. The largest absolute Gasteiger partial charge is 0.386 e. The van der Waals surface area contributed by atoms with Gasteiger partial charge in [0.1, 0.15) is 0 Å². The third kappa shape index (κ3) is 4.43. The summed E-state index contributed by atoms with van der Waals surface area (Å²) in [6.45, 7) is 7.18. The molecule has 1 aliphatic rings. The number of hydrogen-bond acceptors (Lipinski definition) is 3. The molecule has 1 aromatic heterocycles. The van der Waals surface area contributed by atoms with Crippen molar-refractivity contribution in [1.82, 2.24) is 20.0 Å². The second-order valence-corrected chi connectivity index (χ2v) is 7.00. The van der Waals surface area contributed by atoms with Crippen molar-refractivity contribution in [3.63, 3.8) is 0 Å². The predicted octanol–water partition coefficient (Wildman–Crippen LogP) is 2.22. The van der Waals surface area contributed by atoms with Crippen molar-refractivity contribution in [2.24, 2.45) is 12.0 Å². The number of nitrogens with zero attached hydrogens (tertiary/aromatic N) is 4. The molecule has 140 valence electrons. The summed E-state index contributed by atoms with van der Waals surface area (Å²) < 4.78 is 1.86. The van der Waals surface area contributed by atoms with Crippen molar-refractivity contribution < 1.29 is 5.11 Å². The molecule has 1 aromatic carbocycles. The summed E-state index contributed by atoms with van der Waals surface area (Å²) in [5.74, 6) is 1.36. The molecule has 2 heterocycles. The quantitative estimate of drug-likeness (QED) is 0.638. The maximum Gasteiger partial charge on any atom is 0.194 e. The van der Waals surface area contributed by atoms with Gasteiger partial charge in [-0.3, -0.25) is 9.67 Å². The summed E-state index contributed by atoms with van der Waals surface area (Å²) in [5, 5.41) is 18.1. The number of likely N-dealkylation sites (tertiary alicyclic amines) is 1. The first-order chi connectivity index (χ1) is 12.6. The highest BCUT2D eigenvalue weighted by Crippen LogP contribution is 2.26. The van der Waals surface area contributed by atoms with Gasteiger partial charge in [0.15, 0.2) is 5.96 Å². The Morgan fingerprint density at radius 3 is 2.81 bits per heavy atom. The molecule has 0 bridgehead atoms. The van der Waals surface area contributed by atoms with E-state index in [1.807, 2.05) is 49.1 Å². The van der Waals surface area contributed by atoms with Crippen LogP contribution in [0.1, 0.15) is 42.1 Å². The molecule has 2 aromatic rings. The fourth-order valence-electron chi connectivity index (χ4n) is 3.37. The van der Waals surface area contributed by atoms with Crippen LogP contribution in [0.5, 0.6) is 0 Å². The first-order valence-electron chi connectivity index (χ1n) is 9.33. The lowest BCUT2D eigenvalue weighted by Crippen LogP contribution is -2.40. The van der Waals surface area contributed by atoms with Crippen molar-refractivity contribution in [1.29, 1.82) is 0 Å². The van der Waals surface area contributed by atoms with Gasteiger partial charge in [-0.05, 0) is 31.4 Å². The van der Waals surface area contributed by atoms with E-state index in [1.165, 1.54) is 11.1 Å². The first kappa shape index (κ1) is 18.5. The van der Waals surface area contributed by atoms with Crippen LogP contribution in [0.2, 0.25) is 0 Å². The van der Waals surface area contributed by atoms with E-state index in [0.717, 1.165) is 37.6 Å². The molecule has 6 nitrogen and oxygen atoms in total. The Labute approximate surface area is 155 Å². The SMILES string of the molecule is CCNC(=NCC(O)c1ccc(C)cc1)N1CCC(c2cnn(C)c2)C1. The van der Waals surface area contributed by atoms with Crippen LogP contribution in [0.25, 0.3) is 0 Å². The van der Waals surface area contributed by atoms with Crippen LogP contribution in [-0.2, 0) is 7.05 Å². The second kappa shape index (κ2) is 8.36. The van der Waals surface area contributed by atoms with Crippen LogP contribution in [-0.4, -0.2) is 51.9 Å². The predicted molar refractivity (Wildman–Crippen MR) is 104 cm³/mol. The van der Waals surface area contributed by atoms with Crippen LogP contribution in [0.15, 0.2) is 41.7 Å². The summed E-state index contributed by atoms with van der Waals surface area (Å²) in [7, 11) is 1.95. The van der Waals surface area contributed by atoms with E-state index >= 15 is 0 Å². The zero-order chi connectivity index (χ0) is 18.5. The van der Waals surface area contributed by atoms with Gasteiger partial charge >= 0.3 is 0 Å². The standard InChI is InChI=1S/C20H29N5O/c1-4-21-20(22-12-19(26)16-7-5-15(2)6-8-16)25-10-9-17(14-25)18-11-23-24(3)13-18/h5-8,11,13,17,19,26H,4,9-10,12,14H2,1-3H3,(H,21,22). The highest BCUT2D eigenvalue weighted by atomic mass is 16.3. The molecule has 1 fully saturated rings. The molecule has 0 amide bonds. The number of guanidine groups is 1. The Hall–Kier alpha value is -2.34. The van der Waals surface area contributed by atoms with Gasteiger partial charge in [0.05, 0.1) is 18.8 Å². The maximum atomic E-state index is 10.4. The van der Waals surface area contributed by atoms with Crippen molar-refractivity contribution in [2.45, 2.75) is 32.3 Å². The van der Waals surface area contributed by atoms with Crippen LogP contribution in [0, 0.1) is 6.92 Å². The first-order valence-corrected chi connectivity index (χ1v) is 9.33. The molecule has 0 saturated carbocycles. The highest BCUT2D eigenvalue weighted by Gasteiger charge is 2.27. The number of nitrogens with one attached hydrogen (secondary N) is 1. The van der Waals surface area contributed by atoms with E-state index in [9.17, 15) is 5.11 Å². The number of hydrogen-bond donors (Lipinski definition) is 2. The zero-order valence-corrected chi connectivity index (χ0v) is 15.9.